The number of nitrogens with zero attached hydrogens (tertiary/aromatic N) is 4. The van der Waals surface area contributed by atoms with Gasteiger partial charge in [0, 0.05) is 22.4 Å². The third kappa shape index (κ3) is 6.27. The van der Waals surface area contributed by atoms with E-state index in [1.54, 1.807) is 18.2 Å². The van der Waals surface area contributed by atoms with Crippen molar-refractivity contribution < 1.29 is 22.7 Å². The van der Waals surface area contributed by atoms with E-state index in [9.17, 15) is 18.0 Å². The Hall–Kier alpha value is -3.21. The van der Waals surface area contributed by atoms with E-state index < -0.39 is 17.6 Å². The van der Waals surface area contributed by atoms with E-state index in [2.05, 4.69) is 15.5 Å². The molecule has 7 nitrogen and oxygen atoms in total. The molecule has 0 aliphatic rings. The van der Waals surface area contributed by atoms with Crippen LogP contribution in [0, 0.1) is 0 Å². The van der Waals surface area contributed by atoms with Crippen LogP contribution in [0.4, 0.5) is 19.0 Å². The third-order valence-corrected chi connectivity index (χ3v) is 5.56. The summed E-state index contributed by atoms with van der Waals surface area (Å²) in [5, 5.41) is 12.1. The Morgan fingerprint density at radius 2 is 1.80 bits per heavy atom. The van der Waals surface area contributed by atoms with Crippen LogP contribution in [-0.4, -0.2) is 25.5 Å². The van der Waals surface area contributed by atoms with E-state index in [0.717, 1.165) is 17.7 Å². The van der Waals surface area contributed by atoms with Crippen molar-refractivity contribution in [2.45, 2.75) is 19.5 Å². The number of hydrogen-bond donors (Lipinski definition) is 1. The highest BCUT2D eigenvalue weighted by molar-refractivity contribution is 6.35. The van der Waals surface area contributed by atoms with Crippen LogP contribution in [0.5, 0.6) is 5.75 Å². The maximum absolute atomic E-state index is 12.8. The van der Waals surface area contributed by atoms with E-state index in [0.29, 0.717) is 16.6 Å². The van der Waals surface area contributed by atoms with E-state index >= 15 is 0 Å². The minimum Gasteiger partial charge on any atom is -0.471 e. The number of anilines is 1. The van der Waals surface area contributed by atoms with Gasteiger partial charge in [-0.1, -0.05) is 46.9 Å². The molecule has 4 rings (SSSR count). The van der Waals surface area contributed by atoms with Gasteiger partial charge in [0.2, 0.25) is 0 Å². The topological polar surface area (TPSA) is 74.0 Å². The molecule has 0 fully saturated rings. The van der Waals surface area contributed by atoms with Gasteiger partial charge in [-0.25, -0.2) is 4.68 Å². The average molecular weight is 545 g/mol. The molecule has 182 valence electrons. The SMILES string of the molecule is O=C(Nc1nn(Cc2ccc(Cl)cc2Cl)cc1Cl)c1ccn(COc2cccc(C(F)(F)F)c2)n1. The first kappa shape index (κ1) is 24.9. The number of benzene rings is 2. The zero-order chi connectivity index (χ0) is 25.2. The Morgan fingerprint density at radius 3 is 2.54 bits per heavy atom. The Labute approximate surface area is 212 Å². The first-order chi connectivity index (χ1) is 16.6. The van der Waals surface area contributed by atoms with Crippen LogP contribution in [0.2, 0.25) is 15.1 Å². The van der Waals surface area contributed by atoms with Gasteiger partial charge < -0.3 is 10.1 Å². The molecule has 1 N–H and O–H groups in total. The van der Waals surface area contributed by atoms with Gasteiger partial charge in [-0.2, -0.15) is 23.4 Å². The number of nitrogens with one attached hydrogen (secondary N) is 1. The molecule has 0 saturated heterocycles. The number of aromatic nitrogens is 4. The minimum atomic E-state index is -4.48. The first-order valence-electron chi connectivity index (χ1n) is 9.90. The molecule has 0 aliphatic heterocycles. The van der Waals surface area contributed by atoms with E-state index in [1.165, 1.54) is 40.0 Å². The van der Waals surface area contributed by atoms with Crippen LogP contribution in [0.25, 0.3) is 0 Å². The molecule has 13 heteroatoms. The standard InChI is InChI=1S/C22H15Cl3F3N5O2/c23-15-5-4-13(17(24)9-15)10-33-11-18(25)20(31-33)29-21(34)19-6-7-32(30-19)12-35-16-3-1-2-14(8-16)22(26,27)28/h1-9,11H,10,12H2,(H,29,31,34). The maximum Gasteiger partial charge on any atom is 0.416 e. The highest BCUT2D eigenvalue weighted by Crippen LogP contribution is 2.31. The molecule has 2 aromatic heterocycles. The summed E-state index contributed by atoms with van der Waals surface area (Å²) in [6.07, 6.45) is -1.50. The molecular weight excluding hydrogens is 530 g/mol. The van der Waals surface area contributed by atoms with Crippen LogP contribution in [-0.2, 0) is 19.5 Å². The zero-order valence-electron chi connectivity index (χ0n) is 17.6. The molecule has 0 radical (unpaired) electrons. The molecule has 0 atom stereocenters. The van der Waals surface area contributed by atoms with Gasteiger partial charge in [-0.05, 0) is 42.0 Å². The molecule has 1 amide bonds. The summed E-state index contributed by atoms with van der Waals surface area (Å²) in [5.74, 6) is -0.449. The second-order valence-electron chi connectivity index (χ2n) is 7.25. The Balaban J connectivity index is 1.38. The molecule has 0 saturated carbocycles. The van der Waals surface area contributed by atoms with Gasteiger partial charge in [-0.3, -0.25) is 9.48 Å². The molecule has 0 bridgehead atoms. The lowest BCUT2D eigenvalue weighted by Crippen LogP contribution is -2.15. The lowest BCUT2D eigenvalue weighted by Gasteiger charge is -2.10. The summed E-state index contributed by atoms with van der Waals surface area (Å²) >= 11 is 18.3. The second-order valence-corrected chi connectivity index (χ2v) is 8.50. The number of carbonyl (C=O) groups is 1. The van der Waals surface area contributed by atoms with Crippen molar-refractivity contribution in [3.05, 3.63) is 92.8 Å². The van der Waals surface area contributed by atoms with E-state index in [4.69, 9.17) is 39.5 Å². The van der Waals surface area contributed by atoms with Crippen molar-refractivity contribution in [3.8, 4) is 5.75 Å². The summed E-state index contributed by atoms with van der Waals surface area (Å²) in [4.78, 5) is 12.6. The summed E-state index contributed by atoms with van der Waals surface area (Å²) in [5.41, 5.74) is -0.0400. The lowest BCUT2D eigenvalue weighted by atomic mass is 10.2. The molecule has 2 aromatic carbocycles. The van der Waals surface area contributed by atoms with Gasteiger partial charge in [0.1, 0.15) is 10.8 Å². The van der Waals surface area contributed by atoms with Crippen LogP contribution in [0.1, 0.15) is 21.6 Å². The van der Waals surface area contributed by atoms with Crippen LogP contribution >= 0.6 is 34.8 Å². The fourth-order valence-electron chi connectivity index (χ4n) is 3.02. The van der Waals surface area contributed by atoms with Crippen LogP contribution < -0.4 is 10.1 Å². The summed E-state index contributed by atoms with van der Waals surface area (Å²) in [6, 6.07) is 10.9. The zero-order valence-corrected chi connectivity index (χ0v) is 19.8. The van der Waals surface area contributed by atoms with E-state index in [1.807, 2.05) is 0 Å². The fraction of sp³-hybridized carbons (Fsp3) is 0.136. The minimum absolute atomic E-state index is 0.0134. The van der Waals surface area contributed by atoms with Crippen LogP contribution in [0.3, 0.4) is 0 Å². The molecule has 0 aliphatic carbocycles. The number of ether oxygens (including phenoxy) is 1. The smallest absolute Gasteiger partial charge is 0.416 e. The number of halogens is 6. The molecule has 0 spiro atoms. The maximum atomic E-state index is 12.8. The summed E-state index contributed by atoms with van der Waals surface area (Å²) in [6.45, 7) is 0.0962. The van der Waals surface area contributed by atoms with Gasteiger partial charge in [-0.15, -0.1) is 0 Å². The summed E-state index contributed by atoms with van der Waals surface area (Å²) < 4.78 is 46.6. The normalized spacial score (nSPS) is 11.5. The highest BCUT2D eigenvalue weighted by atomic mass is 35.5. The van der Waals surface area contributed by atoms with Crippen molar-refractivity contribution in [2.75, 3.05) is 5.32 Å². The van der Waals surface area contributed by atoms with Gasteiger partial charge in [0.25, 0.3) is 5.91 Å². The van der Waals surface area contributed by atoms with E-state index in [-0.39, 0.29) is 29.0 Å². The number of amides is 1. The average Bonchev–Trinajstić information content (AvgIpc) is 3.40. The number of hydrogen-bond acceptors (Lipinski definition) is 4. The molecule has 0 unspecified atom stereocenters. The number of carbonyl (C=O) groups excluding carboxylic acids is 1. The van der Waals surface area contributed by atoms with Crippen molar-refractivity contribution in [1.29, 1.82) is 0 Å². The second kappa shape index (κ2) is 10.2. The van der Waals surface area contributed by atoms with Gasteiger partial charge >= 0.3 is 6.18 Å². The molecule has 35 heavy (non-hydrogen) atoms. The predicted octanol–water partition coefficient (Wildman–Crippen LogP) is 6.40. The molecule has 4 aromatic rings. The third-order valence-electron chi connectivity index (χ3n) is 4.69. The summed E-state index contributed by atoms with van der Waals surface area (Å²) in [7, 11) is 0. The monoisotopic (exact) mass is 543 g/mol. The fourth-order valence-corrected chi connectivity index (χ4v) is 3.68. The molecular formula is C22H15Cl3F3N5O2. The predicted molar refractivity (Wildman–Crippen MR) is 125 cm³/mol. The van der Waals surface area contributed by atoms with Crippen molar-refractivity contribution in [2.24, 2.45) is 0 Å². The lowest BCUT2D eigenvalue weighted by molar-refractivity contribution is -0.137. The molecule has 2 heterocycles. The van der Waals surface area contributed by atoms with Gasteiger partial charge in [0.15, 0.2) is 18.2 Å². The first-order valence-corrected chi connectivity index (χ1v) is 11.0. The highest BCUT2D eigenvalue weighted by Gasteiger charge is 2.30. The quantitative estimate of drug-likeness (QED) is 0.292. The largest absolute Gasteiger partial charge is 0.471 e. The Bertz CT molecular complexity index is 1370. The van der Waals surface area contributed by atoms with Crippen LogP contribution in [0.15, 0.2) is 60.9 Å². The van der Waals surface area contributed by atoms with Crippen molar-refractivity contribution >= 4 is 46.5 Å². The Kier molecular flexibility index (Phi) is 7.25. The van der Waals surface area contributed by atoms with Gasteiger partial charge in [0.05, 0.1) is 12.1 Å². The number of rotatable bonds is 7. The number of alkyl halides is 3. The van der Waals surface area contributed by atoms with Crippen molar-refractivity contribution in [1.82, 2.24) is 19.6 Å². The Morgan fingerprint density at radius 1 is 1.00 bits per heavy atom. The van der Waals surface area contributed by atoms with Crippen molar-refractivity contribution in [3.63, 3.8) is 0 Å².